The Morgan fingerprint density at radius 3 is 1.75 bits per heavy atom. The zero-order valence-electron chi connectivity index (χ0n) is 35.8. The first-order valence-electron chi connectivity index (χ1n) is 21.9. The third-order valence-electron chi connectivity index (χ3n) is 12.2. The zero-order valence-corrected chi connectivity index (χ0v) is 35.8. The molecular weight excluding hydrogens is 759 g/mol. The summed E-state index contributed by atoms with van der Waals surface area (Å²) in [5, 5.41) is 0. The van der Waals surface area contributed by atoms with Crippen LogP contribution in [-0.4, -0.2) is 0 Å². The molecule has 8 aromatic carbocycles. The fourth-order valence-electron chi connectivity index (χ4n) is 8.68. The van der Waals surface area contributed by atoms with Crippen LogP contribution >= 0.6 is 0 Å². The number of hydrogen-bond donors (Lipinski definition) is 0. The predicted molar refractivity (Wildman–Crippen MR) is 271 cm³/mol. The Morgan fingerprint density at radius 1 is 0.524 bits per heavy atom. The van der Waals surface area contributed by atoms with Crippen LogP contribution in [0.25, 0.3) is 50.1 Å². The van der Waals surface area contributed by atoms with Crippen molar-refractivity contribution in [3.8, 4) is 44.5 Å². The van der Waals surface area contributed by atoms with E-state index in [2.05, 4.69) is 267 Å². The van der Waals surface area contributed by atoms with Crippen LogP contribution in [0.2, 0.25) is 0 Å². The lowest BCUT2D eigenvalue weighted by Crippen LogP contribution is -2.19. The van der Waals surface area contributed by atoms with E-state index in [4.69, 9.17) is 0 Å². The average Bonchev–Trinajstić information content (AvgIpc) is 3.36. The minimum absolute atomic E-state index is 0.0535. The molecule has 0 heterocycles. The molecule has 0 bridgehead atoms. The van der Waals surface area contributed by atoms with Crippen molar-refractivity contribution in [3.63, 3.8) is 0 Å². The van der Waals surface area contributed by atoms with Crippen molar-refractivity contribution >= 4 is 22.6 Å². The van der Waals surface area contributed by atoms with Crippen molar-refractivity contribution < 1.29 is 0 Å². The predicted octanol–water partition coefficient (Wildman–Crippen LogP) is 17.0. The largest absolute Gasteiger partial charge is 0.310 e. The quantitative estimate of drug-likeness (QED) is 0.105. The number of hydrogen-bond acceptors (Lipinski definition) is 1. The highest BCUT2D eigenvalue weighted by atomic mass is 15.1. The molecule has 0 aromatic heterocycles. The lowest BCUT2D eigenvalue weighted by Gasteiger charge is -2.29. The number of anilines is 3. The Hall–Kier alpha value is -7.74. The second-order valence-corrected chi connectivity index (χ2v) is 16.4. The van der Waals surface area contributed by atoms with E-state index in [9.17, 15) is 0 Å². The summed E-state index contributed by atoms with van der Waals surface area (Å²) in [6.45, 7) is 6.62. The standard InChI is InChI=1S/C62H51N/c1-3-48(25-18-17-24-47-22-9-4-10-23-47)58-40-38-56(45-60(58)51-28-13-6-14-29-51)63(55-36-34-50(35-37-55)49-26-11-5-12-27-49)57-39-41-59(61(46-57)52-30-15-7-16-31-52)53-32-21-33-54(44-53)62(2)42-19-8-20-43-62/h3-23,25-42,44-46H,1,24,43H2,2H3/b18-17-,48-25+. The van der Waals surface area contributed by atoms with Crippen LogP contribution < -0.4 is 4.90 Å². The van der Waals surface area contributed by atoms with Gasteiger partial charge in [0.1, 0.15) is 0 Å². The van der Waals surface area contributed by atoms with E-state index in [0.717, 1.165) is 52.2 Å². The molecule has 0 radical (unpaired) electrons. The second kappa shape index (κ2) is 18.9. The van der Waals surface area contributed by atoms with E-state index in [0.29, 0.717) is 0 Å². The Bertz CT molecular complexity index is 2940. The summed E-state index contributed by atoms with van der Waals surface area (Å²) < 4.78 is 0. The van der Waals surface area contributed by atoms with E-state index < -0.39 is 0 Å². The van der Waals surface area contributed by atoms with E-state index in [1.54, 1.807) is 0 Å². The van der Waals surface area contributed by atoms with Gasteiger partial charge in [0, 0.05) is 22.5 Å². The number of nitrogens with zero attached hydrogens (tertiary/aromatic N) is 1. The van der Waals surface area contributed by atoms with Gasteiger partial charge >= 0.3 is 0 Å². The van der Waals surface area contributed by atoms with Crippen molar-refractivity contribution in [1.82, 2.24) is 0 Å². The Balaban J connectivity index is 1.19. The van der Waals surface area contributed by atoms with Gasteiger partial charge in [-0.25, -0.2) is 0 Å². The topological polar surface area (TPSA) is 3.24 Å². The maximum Gasteiger partial charge on any atom is 0.0468 e. The van der Waals surface area contributed by atoms with E-state index in [1.807, 2.05) is 6.08 Å². The number of rotatable bonds is 13. The fourth-order valence-corrected chi connectivity index (χ4v) is 8.68. The SMILES string of the molecule is C=C/C(=C\C=C/Cc1ccccc1)c1ccc(N(c2ccc(-c3ccccc3)cc2)c2ccc(-c3cccc(C4(C)C=CC=CC4)c3)c(-c3ccccc3)c2)cc1-c1ccccc1. The summed E-state index contributed by atoms with van der Waals surface area (Å²) in [6, 6.07) is 74.6. The van der Waals surface area contributed by atoms with Crippen molar-refractivity contribution in [2.45, 2.75) is 25.2 Å². The average molecular weight is 810 g/mol. The number of benzene rings is 8. The van der Waals surface area contributed by atoms with Gasteiger partial charge in [-0.3, -0.25) is 0 Å². The molecule has 0 amide bonds. The normalized spacial score (nSPS) is 14.8. The van der Waals surface area contributed by atoms with Gasteiger partial charge in [0.2, 0.25) is 0 Å². The van der Waals surface area contributed by atoms with Gasteiger partial charge in [0.15, 0.2) is 0 Å². The molecule has 0 saturated heterocycles. The molecule has 1 unspecified atom stereocenters. The van der Waals surface area contributed by atoms with Crippen molar-refractivity contribution in [1.29, 1.82) is 0 Å². The third-order valence-corrected chi connectivity index (χ3v) is 12.2. The maximum absolute atomic E-state index is 4.28. The van der Waals surface area contributed by atoms with E-state index >= 15 is 0 Å². The van der Waals surface area contributed by atoms with Gasteiger partial charge in [-0.05, 0) is 116 Å². The summed E-state index contributed by atoms with van der Waals surface area (Å²) in [6.07, 6.45) is 19.3. The first kappa shape index (κ1) is 40.7. The van der Waals surface area contributed by atoms with E-state index in [1.165, 1.54) is 44.5 Å². The van der Waals surface area contributed by atoms with Crippen molar-refractivity contribution in [2.24, 2.45) is 0 Å². The summed E-state index contributed by atoms with van der Waals surface area (Å²) in [5.74, 6) is 0. The first-order valence-corrected chi connectivity index (χ1v) is 21.9. The summed E-state index contributed by atoms with van der Waals surface area (Å²) in [5.41, 5.74) is 17.4. The van der Waals surface area contributed by atoms with Crippen LogP contribution in [0.4, 0.5) is 17.1 Å². The lowest BCUT2D eigenvalue weighted by molar-refractivity contribution is 0.600. The van der Waals surface area contributed by atoms with E-state index in [-0.39, 0.29) is 5.41 Å². The van der Waals surface area contributed by atoms with Crippen LogP contribution in [-0.2, 0) is 11.8 Å². The van der Waals surface area contributed by atoms with Gasteiger partial charge in [-0.15, -0.1) is 0 Å². The molecule has 0 N–H and O–H groups in total. The summed E-state index contributed by atoms with van der Waals surface area (Å²) >= 11 is 0. The molecule has 0 fully saturated rings. The van der Waals surface area contributed by atoms with Gasteiger partial charge in [-0.2, -0.15) is 0 Å². The molecule has 1 atom stereocenters. The molecule has 8 aromatic rings. The van der Waals surface area contributed by atoms with Gasteiger partial charge in [-0.1, -0.05) is 232 Å². The monoisotopic (exact) mass is 809 g/mol. The zero-order chi connectivity index (χ0) is 42.9. The molecule has 1 aliphatic carbocycles. The molecule has 1 heteroatoms. The fraction of sp³-hybridized carbons (Fsp3) is 0.0645. The molecule has 0 spiro atoms. The lowest BCUT2D eigenvalue weighted by atomic mass is 9.76. The first-order chi connectivity index (χ1) is 31.1. The smallest absolute Gasteiger partial charge is 0.0468 e. The van der Waals surface area contributed by atoms with Crippen LogP contribution in [0.15, 0.2) is 261 Å². The molecule has 1 aliphatic rings. The molecule has 0 saturated carbocycles. The van der Waals surface area contributed by atoms with Gasteiger partial charge in [0.05, 0.1) is 0 Å². The van der Waals surface area contributed by atoms with Gasteiger partial charge in [0.25, 0.3) is 0 Å². The minimum Gasteiger partial charge on any atom is -0.310 e. The molecule has 0 aliphatic heterocycles. The highest BCUT2D eigenvalue weighted by Crippen LogP contribution is 2.44. The van der Waals surface area contributed by atoms with Crippen LogP contribution in [0.5, 0.6) is 0 Å². The molecule has 9 rings (SSSR count). The van der Waals surface area contributed by atoms with Crippen molar-refractivity contribution in [2.75, 3.05) is 4.90 Å². The Morgan fingerprint density at radius 2 is 1.10 bits per heavy atom. The van der Waals surface area contributed by atoms with Crippen LogP contribution in [0, 0.1) is 0 Å². The van der Waals surface area contributed by atoms with Crippen LogP contribution in [0.3, 0.4) is 0 Å². The van der Waals surface area contributed by atoms with Gasteiger partial charge < -0.3 is 4.90 Å². The number of allylic oxidation sites excluding steroid dienone is 9. The molecule has 63 heavy (non-hydrogen) atoms. The maximum atomic E-state index is 4.28. The third kappa shape index (κ3) is 9.15. The molecular formula is C62H51N. The Kier molecular flexibility index (Phi) is 12.2. The minimum atomic E-state index is -0.0535. The van der Waals surface area contributed by atoms with Crippen LogP contribution in [0.1, 0.15) is 30.0 Å². The highest BCUT2D eigenvalue weighted by molar-refractivity contribution is 5.92. The van der Waals surface area contributed by atoms with Crippen molar-refractivity contribution in [3.05, 3.63) is 278 Å². The summed E-state index contributed by atoms with van der Waals surface area (Å²) in [4.78, 5) is 2.40. The Labute approximate surface area is 373 Å². The highest BCUT2D eigenvalue weighted by Gasteiger charge is 2.25. The summed E-state index contributed by atoms with van der Waals surface area (Å²) in [7, 11) is 0. The molecule has 304 valence electrons. The second-order valence-electron chi connectivity index (χ2n) is 16.4. The molecule has 1 nitrogen and oxygen atoms in total.